The molecule has 4 nitrogen and oxygen atoms in total. The van der Waals surface area contributed by atoms with E-state index in [1.807, 2.05) is 6.92 Å². The van der Waals surface area contributed by atoms with Crippen molar-refractivity contribution in [3.8, 4) is 0 Å². The molecule has 5 heteroatoms. The van der Waals surface area contributed by atoms with Crippen LogP contribution < -0.4 is 0 Å². The van der Waals surface area contributed by atoms with Gasteiger partial charge in [-0.15, -0.1) is 0 Å². The first-order chi connectivity index (χ1) is 7.04. The molecule has 0 aliphatic carbocycles. The van der Waals surface area contributed by atoms with Crippen LogP contribution in [0.15, 0.2) is 12.3 Å². The predicted molar refractivity (Wildman–Crippen MR) is 57.4 cm³/mol. The van der Waals surface area contributed by atoms with Crippen molar-refractivity contribution in [2.75, 3.05) is 13.7 Å². The highest BCUT2D eigenvalue weighted by molar-refractivity contribution is 6.30. The van der Waals surface area contributed by atoms with E-state index in [9.17, 15) is 4.79 Å². The molecular weight excluding hydrogens is 218 g/mol. The summed E-state index contributed by atoms with van der Waals surface area (Å²) < 4.78 is 6.62. The minimum atomic E-state index is -0.966. The molecule has 0 saturated carbocycles. The van der Waals surface area contributed by atoms with Crippen molar-refractivity contribution in [2.45, 2.75) is 13.5 Å². The van der Waals surface area contributed by atoms with Crippen molar-refractivity contribution in [1.82, 2.24) is 4.57 Å². The highest BCUT2D eigenvalue weighted by Gasteiger charge is 2.13. The number of halogens is 1. The summed E-state index contributed by atoms with van der Waals surface area (Å²) in [5.41, 5.74) is 0.211. The van der Waals surface area contributed by atoms with Gasteiger partial charge in [-0.3, -0.25) is 0 Å². The maximum Gasteiger partial charge on any atom is 0.352 e. The number of aromatic nitrogens is 1. The minimum Gasteiger partial charge on any atom is -0.477 e. The molecule has 15 heavy (non-hydrogen) atoms. The molecule has 0 aromatic carbocycles. The number of rotatable bonds is 5. The quantitative estimate of drug-likeness (QED) is 0.845. The molecule has 0 aliphatic heterocycles. The van der Waals surface area contributed by atoms with Crippen molar-refractivity contribution in [3.63, 3.8) is 0 Å². The lowest BCUT2D eigenvalue weighted by Crippen LogP contribution is -2.15. The van der Waals surface area contributed by atoms with E-state index in [4.69, 9.17) is 21.4 Å². The second kappa shape index (κ2) is 5.19. The highest BCUT2D eigenvalue weighted by atomic mass is 35.5. The number of carboxylic acids is 1. The summed E-state index contributed by atoms with van der Waals surface area (Å²) >= 11 is 5.75. The van der Waals surface area contributed by atoms with E-state index >= 15 is 0 Å². The Morgan fingerprint density at radius 1 is 1.73 bits per heavy atom. The topological polar surface area (TPSA) is 51.5 Å². The van der Waals surface area contributed by atoms with Crippen LogP contribution >= 0.6 is 11.6 Å². The third kappa shape index (κ3) is 3.25. The molecule has 0 amide bonds. The summed E-state index contributed by atoms with van der Waals surface area (Å²) in [6.45, 7) is 3.17. The van der Waals surface area contributed by atoms with Crippen LogP contribution in [0, 0.1) is 5.92 Å². The Kier molecular flexibility index (Phi) is 4.17. The van der Waals surface area contributed by atoms with Crippen molar-refractivity contribution >= 4 is 17.6 Å². The fourth-order valence-corrected chi connectivity index (χ4v) is 1.70. The number of carboxylic acid groups (broad SMARTS) is 1. The second-order valence-electron chi connectivity index (χ2n) is 3.56. The molecule has 0 bridgehead atoms. The molecule has 1 aromatic rings. The number of nitrogens with zero attached hydrogens (tertiary/aromatic N) is 1. The fraction of sp³-hybridized carbons (Fsp3) is 0.500. The van der Waals surface area contributed by atoms with Crippen LogP contribution in [0.25, 0.3) is 0 Å². The normalized spacial score (nSPS) is 12.7. The number of methoxy groups -OCH3 is 1. The van der Waals surface area contributed by atoms with Gasteiger partial charge in [0.15, 0.2) is 0 Å². The van der Waals surface area contributed by atoms with Gasteiger partial charge in [0.1, 0.15) is 5.69 Å². The molecule has 0 aliphatic rings. The van der Waals surface area contributed by atoms with Gasteiger partial charge in [0, 0.05) is 19.9 Å². The summed E-state index contributed by atoms with van der Waals surface area (Å²) in [4.78, 5) is 10.9. The molecule has 0 fully saturated rings. The summed E-state index contributed by atoms with van der Waals surface area (Å²) in [6, 6.07) is 1.45. The zero-order valence-corrected chi connectivity index (χ0v) is 9.49. The van der Waals surface area contributed by atoms with E-state index in [0.717, 1.165) is 0 Å². The van der Waals surface area contributed by atoms with E-state index in [1.54, 1.807) is 17.9 Å². The Bertz CT molecular complexity index is 348. The average molecular weight is 232 g/mol. The Labute approximate surface area is 93.4 Å². The summed E-state index contributed by atoms with van der Waals surface area (Å²) in [7, 11) is 1.62. The van der Waals surface area contributed by atoms with Crippen LogP contribution in [0.1, 0.15) is 17.4 Å². The molecule has 0 radical (unpaired) electrons. The summed E-state index contributed by atoms with van der Waals surface area (Å²) in [5, 5.41) is 9.35. The number of carbonyl (C=O) groups is 1. The highest BCUT2D eigenvalue weighted by Crippen LogP contribution is 2.16. The number of hydrogen-bond donors (Lipinski definition) is 1. The molecular formula is C10H14ClNO3. The molecule has 1 aromatic heterocycles. The molecule has 1 unspecified atom stereocenters. The Balaban J connectivity index is 2.79. The van der Waals surface area contributed by atoms with Crippen LogP contribution in [-0.4, -0.2) is 29.4 Å². The molecule has 0 saturated heterocycles. The van der Waals surface area contributed by atoms with Crippen LogP contribution in [0.3, 0.4) is 0 Å². The van der Waals surface area contributed by atoms with Crippen LogP contribution in [-0.2, 0) is 11.3 Å². The number of hydrogen-bond acceptors (Lipinski definition) is 2. The van der Waals surface area contributed by atoms with Crippen LogP contribution in [0.4, 0.5) is 0 Å². The lowest BCUT2D eigenvalue weighted by Gasteiger charge is -2.12. The van der Waals surface area contributed by atoms with Gasteiger partial charge in [-0.25, -0.2) is 4.79 Å². The molecule has 1 rings (SSSR count). The van der Waals surface area contributed by atoms with E-state index in [-0.39, 0.29) is 11.6 Å². The first kappa shape index (κ1) is 12.1. The zero-order valence-electron chi connectivity index (χ0n) is 8.74. The maximum absolute atomic E-state index is 10.9. The monoisotopic (exact) mass is 231 g/mol. The Morgan fingerprint density at radius 2 is 2.40 bits per heavy atom. The third-order valence-corrected chi connectivity index (χ3v) is 2.25. The SMILES string of the molecule is COCC(C)Cn1cc(Cl)cc1C(=O)O. The average Bonchev–Trinajstić information content (AvgIpc) is 2.47. The van der Waals surface area contributed by atoms with Crippen molar-refractivity contribution in [1.29, 1.82) is 0 Å². The van der Waals surface area contributed by atoms with Gasteiger partial charge in [0.05, 0.1) is 11.6 Å². The molecule has 0 spiro atoms. The van der Waals surface area contributed by atoms with E-state index in [2.05, 4.69) is 0 Å². The van der Waals surface area contributed by atoms with Crippen LogP contribution in [0.2, 0.25) is 5.02 Å². The standard InChI is InChI=1S/C10H14ClNO3/c1-7(6-15-2)4-12-5-8(11)3-9(12)10(13)14/h3,5,7H,4,6H2,1-2H3,(H,13,14). The van der Waals surface area contributed by atoms with Gasteiger partial charge in [-0.1, -0.05) is 18.5 Å². The number of aromatic carboxylic acids is 1. The maximum atomic E-state index is 10.9. The van der Waals surface area contributed by atoms with E-state index < -0.39 is 5.97 Å². The lowest BCUT2D eigenvalue weighted by atomic mass is 10.2. The van der Waals surface area contributed by atoms with Gasteiger partial charge >= 0.3 is 5.97 Å². The first-order valence-corrected chi connectivity index (χ1v) is 5.00. The van der Waals surface area contributed by atoms with Crippen molar-refractivity contribution in [3.05, 3.63) is 23.0 Å². The summed E-state index contributed by atoms with van der Waals surface area (Å²) in [6.07, 6.45) is 1.62. The lowest BCUT2D eigenvalue weighted by molar-refractivity contribution is 0.0682. The Morgan fingerprint density at radius 3 is 2.93 bits per heavy atom. The van der Waals surface area contributed by atoms with E-state index in [0.29, 0.717) is 18.2 Å². The third-order valence-electron chi connectivity index (χ3n) is 2.04. The smallest absolute Gasteiger partial charge is 0.352 e. The van der Waals surface area contributed by atoms with Crippen LogP contribution in [0.5, 0.6) is 0 Å². The summed E-state index contributed by atoms with van der Waals surface area (Å²) in [5.74, 6) is -0.719. The largest absolute Gasteiger partial charge is 0.477 e. The molecule has 1 heterocycles. The first-order valence-electron chi connectivity index (χ1n) is 4.62. The van der Waals surface area contributed by atoms with Crippen molar-refractivity contribution in [2.24, 2.45) is 5.92 Å². The second-order valence-corrected chi connectivity index (χ2v) is 4.00. The predicted octanol–water partition coefficient (Wildman–Crippen LogP) is 2.12. The number of ether oxygens (including phenoxy) is 1. The van der Waals surface area contributed by atoms with E-state index in [1.165, 1.54) is 6.07 Å². The van der Waals surface area contributed by atoms with Gasteiger partial charge in [0.2, 0.25) is 0 Å². The molecule has 84 valence electrons. The van der Waals surface area contributed by atoms with Gasteiger partial charge in [-0.05, 0) is 12.0 Å². The molecule has 1 atom stereocenters. The fourth-order valence-electron chi connectivity index (χ4n) is 1.48. The van der Waals surface area contributed by atoms with Gasteiger partial charge < -0.3 is 14.4 Å². The Hall–Kier alpha value is -1.00. The zero-order chi connectivity index (χ0) is 11.4. The molecule has 1 N–H and O–H groups in total. The minimum absolute atomic E-state index is 0.211. The van der Waals surface area contributed by atoms with Gasteiger partial charge in [-0.2, -0.15) is 0 Å². The van der Waals surface area contributed by atoms with Gasteiger partial charge in [0.25, 0.3) is 0 Å². The van der Waals surface area contributed by atoms with Crippen molar-refractivity contribution < 1.29 is 14.6 Å².